The van der Waals surface area contributed by atoms with Crippen LogP contribution in [0.5, 0.6) is 0 Å². The molecule has 3 aliphatic rings. The zero-order valence-corrected chi connectivity index (χ0v) is 20.1. The molecule has 2 heterocycles. The summed E-state index contributed by atoms with van der Waals surface area (Å²) in [7, 11) is 1.18. The van der Waals surface area contributed by atoms with E-state index in [0.29, 0.717) is 34.3 Å². The van der Waals surface area contributed by atoms with Crippen LogP contribution >= 0.6 is 15.9 Å². The van der Waals surface area contributed by atoms with Gasteiger partial charge in [0.1, 0.15) is 22.6 Å². The third-order valence-electron chi connectivity index (χ3n) is 6.61. The van der Waals surface area contributed by atoms with E-state index >= 15 is 4.39 Å². The molecular formula is C25H21BrFN3O4. The Balaban J connectivity index is 1.93. The van der Waals surface area contributed by atoms with E-state index in [4.69, 9.17) is 10.5 Å². The van der Waals surface area contributed by atoms with Crippen molar-refractivity contribution in [3.8, 4) is 0 Å². The fourth-order valence-corrected chi connectivity index (χ4v) is 5.59. The lowest BCUT2D eigenvalue weighted by Gasteiger charge is -2.44. The van der Waals surface area contributed by atoms with Crippen LogP contribution in [0.15, 0.2) is 63.5 Å². The number of benzene rings is 2. The van der Waals surface area contributed by atoms with Crippen molar-refractivity contribution < 1.29 is 23.5 Å². The average Bonchev–Trinajstić information content (AvgIpc) is 3.06. The molecule has 0 bridgehead atoms. The van der Waals surface area contributed by atoms with Crippen molar-refractivity contribution in [2.45, 2.75) is 31.6 Å². The maximum Gasteiger partial charge on any atom is 0.339 e. The molecule has 9 heteroatoms. The number of esters is 1. The van der Waals surface area contributed by atoms with Crippen LogP contribution in [0.25, 0.3) is 0 Å². The molecule has 1 unspecified atom stereocenters. The zero-order chi connectivity index (χ0) is 24.4. The molecule has 2 aliphatic heterocycles. The number of hydrogen-bond donors (Lipinski definition) is 2. The molecule has 0 saturated carbocycles. The van der Waals surface area contributed by atoms with E-state index in [-0.39, 0.29) is 34.9 Å². The largest absolute Gasteiger partial charge is 0.466 e. The number of carbonyl (C=O) groups excluding carboxylic acids is 3. The summed E-state index contributed by atoms with van der Waals surface area (Å²) in [6.07, 6.45) is 1.08. The van der Waals surface area contributed by atoms with Gasteiger partial charge in [-0.3, -0.25) is 14.5 Å². The molecule has 5 rings (SSSR count). The lowest BCUT2D eigenvalue weighted by atomic mass is 9.63. The number of carbonyl (C=O) groups is 3. The number of nitrogens with two attached hydrogens (primary N) is 1. The molecule has 0 fully saturated rings. The van der Waals surface area contributed by atoms with Crippen LogP contribution in [0.1, 0.15) is 30.4 Å². The van der Waals surface area contributed by atoms with Crippen molar-refractivity contribution in [3.05, 3.63) is 80.5 Å². The van der Waals surface area contributed by atoms with Crippen LogP contribution in [-0.2, 0) is 24.5 Å². The first-order valence-corrected chi connectivity index (χ1v) is 11.5. The number of amides is 1. The Morgan fingerprint density at radius 3 is 2.68 bits per heavy atom. The van der Waals surface area contributed by atoms with E-state index in [9.17, 15) is 14.4 Å². The average molecular weight is 526 g/mol. The molecule has 34 heavy (non-hydrogen) atoms. The summed E-state index contributed by atoms with van der Waals surface area (Å²) in [6, 6.07) is 9.75. The zero-order valence-electron chi connectivity index (χ0n) is 18.5. The van der Waals surface area contributed by atoms with E-state index in [2.05, 4.69) is 21.2 Å². The van der Waals surface area contributed by atoms with Gasteiger partial charge in [0.25, 0.3) is 0 Å². The molecule has 1 aliphatic carbocycles. The maximum atomic E-state index is 15.2. The molecule has 1 amide bonds. The van der Waals surface area contributed by atoms with Crippen molar-refractivity contribution in [1.82, 2.24) is 0 Å². The number of anilines is 2. The van der Waals surface area contributed by atoms with Crippen LogP contribution in [0.2, 0.25) is 0 Å². The Hall–Kier alpha value is -3.46. The van der Waals surface area contributed by atoms with Crippen molar-refractivity contribution >= 4 is 45.0 Å². The quantitative estimate of drug-likeness (QED) is 0.575. The van der Waals surface area contributed by atoms with Crippen LogP contribution in [0.3, 0.4) is 0 Å². The lowest BCUT2D eigenvalue weighted by Crippen LogP contribution is -2.53. The molecule has 0 saturated heterocycles. The number of ketones is 1. The number of ether oxygens (including phenoxy) is 1. The number of rotatable bonds is 2. The number of halogens is 2. The highest BCUT2D eigenvalue weighted by molar-refractivity contribution is 9.10. The summed E-state index contributed by atoms with van der Waals surface area (Å²) in [6.45, 7) is 1.85. The summed E-state index contributed by atoms with van der Waals surface area (Å²) in [4.78, 5) is 41.9. The Bertz CT molecular complexity index is 1370. The number of nitrogens with one attached hydrogen (secondary N) is 1. The van der Waals surface area contributed by atoms with Gasteiger partial charge >= 0.3 is 5.97 Å². The summed E-state index contributed by atoms with van der Waals surface area (Å²) in [5, 5.41) is 2.82. The monoisotopic (exact) mass is 525 g/mol. The highest BCUT2D eigenvalue weighted by Crippen LogP contribution is 2.55. The summed E-state index contributed by atoms with van der Waals surface area (Å²) < 4.78 is 20.7. The van der Waals surface area contributed by atoms with Gasteiger partial charge in [0.05, 0.1) is 12.8 Å². The predicted octanol–water partition coefficient (Wildman–Crippen LogP) is 3.96. The van der Waals surface area contributed by atoms with E-state index in [1.54, 1.807) is 18.2 Å². The minimum atomic E-state index is -1.78. The molecule has 0 radical (unpaired) electrons. The standard InChI is InChI=1S/C25H21BrFN3O4/c1-12-6-8-16-14(10-12)25(24(33)29-16)20-18(4-3-5-19(20)31)30(22(28)21(25)23(32)34-2)17-9-7-13(26)11-15(17)27/h6-11H,3-5,28H2,1-2H3,(H,29,33). The number of methoxy groups -OCH3 is 1. The molecule has 0 aromatic heterocycles. The van der Waals surface area contributed by atoms with Crippen molar-refractivity contribution in [2.75, 3.05) is 17.3 Å². The van der Waals surface area contributed by atoms with E-state index in [1.807, 2.05) is 13.0 Å². The third-order valence-corrected chi connectivity index (χ3v) is 7.10. The van der Waals surface area contributed by atoms with Gasteiger partial charge in [-0.05, 0) is 44.0 Å². The summed E-state index contributed by atoms with van der Waals surface area (Å²) in [5.41, 5.74) is 7.02. The fourth-order valence-electron chi connectivity index (χ4n) is 5.26. The van der Waals surface area contributed by atoms with Gasteiger partial charge in [0.2, 0.25) is 5.91 Å². The SMILES string of the molecule is COC(=O)C1=C(N)N(c2ccc(Br)cc2F)C2=C(C(=O)CCC2)C12C(=O)Nc1ccc(C)cc12. The maximum absolute atomic E-state index is 15.2. The topological polar surface area (TPSA) is 102 Å². The Morgan fingerprint density at radius 1 is 1.21 bits per heavy atom. The molecule has 1 spiro atoms. The Labute approximate surface area is 203 Å². The van der Waals surface area contributed by atoms with Crippen LogP contribution < -0.4 is 16.0 Å². The molecule has 2 aromatic rings. The second kappa shape index (κ2) is 7.80. The van der Waals surface area contributed by atoms with Crippen LogP contribution in [0.4, 0.5) is 15.8 Å². The summed E-state index contributed by atoms with van der Waals surface area (Å²) >= 11 is 3.25. The normalized spacial score (nSPS) is 21.6. The minimum Gasteiger partial charge on any atom is -0.466 e. The Morgan fingerprint density at radius 2 is 1.97 bits per heavy atom. The van der Waals surface area contributed by atoms with Crippen LogP contribution in [-0.4, -0.2) is 24.8 Å². The van der Waals surface area contributed by atoms with Gasteiger partial charge in [-0.2, -0.15) is 0 Å². The number of nitrogens with zero attached hydrogens (tertiary/aromatic N) is 1. The molecule has 174 valence electrons. The second-order valence-electron chi connectivity index (χ2n) is 8.53. The van der Waals surface area contributed by atoms with Crippen molar-refractivity contribution in [3.63, 3.8) is 0 Å². The van der Waals surface area contributed by atoms with E-state index in [1.165, 1.54) is 24.1 Å². The van der Waals surface area contributed by atoms with Gasteiger partial charge in [0.15, 0.2) is 5.78 Å². The predicted molar refractivity (Wildman–Crippen MR) is 127 cm³/mol. The third kappa shape index (κ3) is 2.89. The van der Waals surface area contributed by atoms with Crippen LogP contribution in [0, 0.1) is 12.7 Å². The number of fused-ring (bicyclic) bond motifs is 3. The smallest absolute Gasteiger partial charge is 0.339 e. The molecule has 7 nitrogen and oxygen atoms in total. The Kier molecular flexibility index (Phi) is 5.12. The number of Topliss-reactive ketones (excluding diaryl/α,β-unsaturated/α-hetero) is 1. The minimum absolute atomic E-state index is 0.0713. The highest BCUT2D eigenvalue weighted by Gasteiger charge is 2.62. The van der Waals surface area contributed by atoms with Gasteiger partial charge < -0.3 is 15.8 Å². The first-order chi connectivity index (χ1) is 16.2. The van der Waals surface area contributed by atoms with Crippen molar-refractivity contribution in [1.29, 1.82) is 0 Å². The second-order valence-corrected chi connectivity index (χ2v) is 9.45. The summed E-state index contributed by atoms with van der Waals surface area (Å²) in [5.74, 6) is -2.47. The number of hydrogen-bond acceptors (Lipinski definition) is 6. The first kappa shape index (κ1) is 22.3. The highest BCUT2D eigenvalue weighted by atomic mass is 79.9. The van der Waals surface area contributed by atoms with Gasteiger partial charge in [0, 0.05) is 33.4 Å². The molecule has 3 N–H and O–H groups in total. The lowest BCUT2D eigenvalue weighted by molar-refractivity contribution is -0.138. The molecular weight excluding hydrogens is 505 g/mol. The van der Waals surface area contributed by atoms with E-state index in [0.717, 1.165) is 5.56 Å². The first-order valence-electron chi connectivity index (χ1n) is 10.7. The molecule has 2 aromatic carbocycles. The molecule has 1 atom stereocenters. The van der Waals surface area contributed by atoms with E-state index < -0.39 is 23.1 Å². The number of allylic oxidation sites excluding steroid dienone is 1. The number of aryl methyl sites for hydroxylation is 1. The van der Waals surface area contributed by atoms with Crippen molar-refractivity contribution in [2.24, 2.45) is 5.73 Å². The van der Waals surface area contributed by atoms with Gasteiger partial charge in [-0.15, -0.1) is 0 Å². The van der Waals surface area contributed by atoms with Gasteiger partial charge in [-0.25, -0.2) is 9.18 Å². The fraction of sp³-hybridized carbons (Fsp3) is 0.240. The van der Waals surface area contributed by atoms with Gasteiger partial charge in [-0.1, -0.05) is 33.6 Å².